The summed E-state index contributed by atoms with van der Waals surface area (Å²) in [5.41, 5.74) is 3.21. The van der Waals surface area contributed by atoms with E-state index in [1.807, 2.05) is 31.2 Å². The molecule has 2 saturated heterocycles. The average Bonchev–Trinajstić information content (AvgIpc) is 2.98. The Hall–Kier alpha value is -2.57. The number of carbonyl (C=O) groups is 2. The molecular weight excluding hydrogens is 378 g/mol. The number of morpholine rings is 1. The van der Waals surface area contributed by atoms with Crippen molar-refractivity contribution in [1.29, 1.82) is 0 Å². The monoisotopic (exact) mass is 399 g/mol. The SMILES string of the molecule is Cc1c(Cl)cccc1N1C(=O)CC(Nc2ccc(N3CCOCC3)cc2)C1=O. The second kappa shape index (κ2) is 7.81. The molecule has 2 aliphatic rings. The van der Waals surface area contributed by atoms with Crippen LogP contribution in [-0.2, 0) is 14.3 Å². The van der Waals surface area contributed by atoms with E-state index in [-0.39, 0.29) is 18.2 Å². The Morgan fingerprint density at radius 2 is 1.79 bits per heavy atom. The molecule has 6 nitrogen and oxygen atoms in total. The van der Waals surface area contributed by atoms with Gasteiger partial charge in [0.25, 0.3) is 5.91 Å². The van der Waals surface area contributed by atoms with Gasteiger partial charge in [-0.1, -0.05) is 17.7 Å². The maximum Gasteiger partial charge on any atom is 0.256 e. The molecule has 0 spiro atoms. The first-order valence-electron chi connectivity index (χ1n) is 9.36. The highest BCUT2D eigenvalue weighted by Gasteiger charge is 2.40. The van der Waals surface area contributed by atoms with Crippen LogP contribution in [0.5, 0.6) is 0 Å². The summed E-state index contributed by atoms with van der Waals surface area (Å²) in [5, 5.41) is 3.73. The lowest BCUT2D eigenvalue weighted by molar-refractivity contribution is -0.121. The van der Waals surface area contributed by atoms with Crippen LogP contribution in [-0.4, -0.2) is 44.2 Å². The Kier molecular flexibility index (Phi) is 5.24. The van der Waals surface area contributed by atoms with E-state index < -0.39 is 6.04 Å². The predicted molar refractivity (Wildman–Crippen MR) is 110 cm³/mol. The van der Waals surface area contributed by atoms with E-state index in [2.05, 4.69) is 10.2 Å². The average molecular weight is 400 g/mol. The first-order valence-corrected chi connectivity index (χ1v) is 9.73. The quantitative estimate of drug-likeness (QED) is 0.800. The Balaban J connectivity index is 1.47. The lowest BCUT2D eigenvalue weighted by Gasteiger charge is -2.29. The standard InChI is InChI=1S/C21H22ClN3O3/c1-14-17(22)3-2-4-19(14)25-20(26)13-18(21(25)27)23-15-5-7-16(8-6-15)24-9-11-28-12-10-24/h2-8,18,23H,9-13H2,1H3. The van der Waals surface area contributed by atoms with Gasteiger partial charge in [0.1, 0.15) is 6.04 Å². The number of ether oxygens (including phenoxy) is 1. The highest BCUT2D eigenvalue weighted by atomic mass is 35.5. The van der Waals surface area contributed by atoms with Gasteiger partial charge in [0.05, 0.1) is 25.3 Å². The van der Waals surface area contributed by atoms with Crippen LogP contribution >= 0.6 is 11.6 Å². The van der Waals surface area contributed by atoms with Crippen LogP contribution in [0.4, 0.5) is 17.1 Å². The topological polar surface area (TPSA) is 61.9 Å². The van der Waals surface area contributed by atoms with Gasteiger partial charge in [-0.15, -0.1) is 0 Å². The van der Waals surface area contributed by atoms with Gasteiger partial charge in [0, 0.05) is 29.5 Å². The number of benzene rings is 2. The van der Waals surface area contributed by atoms with Crippen LogP contribution in [0.2, 0.25) is 5.02 Å². The molecule has 1 atom stereocenters. The number of carbonyl (C=O) groups excluding carboxylic acids is 2. The molecule has 2 heterocycles. The second-order valence-corrected chi connectivity index (χ2v) is 7.41. The first kappa shape index (κ1) is 18.8. The van der Waals surface area contributed by atoms with Gasteiger partial charge in [0.2, 0.25) is 5.91 Å². The van der Waals surface area contributed by atoms with E-state index in [9.17, 15) is 9.59 Å². The van der Waals surface area contributed by atoms with Gasteiger partial charge in [0.15, 0.2) is 0 Å². The summed E-state index contributed by atoms with van der Waals surface area (Å²) in [6.07, 6.45) is 0.121. The maximum absolute atomic E-state index is 12.9. The number of anilines is 3. The van der Waals surface area contributed by atoms with E-state index in [1.165, 1.54) is 4.90 Å². The van der Waals surface area contributed by atoms with Crippen molar-refractivity contribution in [2.45, 2.75) is 19.4 Å². The number of amides is 2. The number of hydrogen-bond donors (Lipinski definition) is 1. The van der Waals surface area contributed by atoms with E-state index in [1.54, 1.807) is 18.2 Å². The van der Waals surface area contributed by atoms with Gasteiger partial charge in [-0.3, -0.25) is 9.59 Å². The molecule has 0 aromatic heterocycles. The molecule has 2 aliphatic heterocycles. The summed E-state index contributed by atoms with van der Waals surface area (Å²) in [5.74, 6) is -0.481. The third-order valence-corrected chi connectivity index (χ3v) is 5.62. The number of imide groups is 1. The fourth-order valence-corrected chi connectivity index (χ4v) is 3.80. The van der Waals surface area contributed by atoms with Crippen LogP contribution in [0, 0.1) is 6.92 Å². The Morgan fingerprint density at radius 1 is 1.07 bits per heavy atom. The highest BCUT2D eigenvalue weighted by molar-refractivity contribution is 6.32. The maximum atomic E-state index is 12.9. The Morgan fingerprint density at radius 3 is 2.50 bits per heavy atom. The van der Waals surface area contributed by atoms with Gasteiger partial charge in [-0.25, -0.2) is 4.90 Å². The minimum atomic E-state index is -0.583. The predicted octanol–water partition coefficient (Wildman–Crippen LogP) is 3.23. The Bertz CT molecular complexity index is 894. The fourth-order valence-electron chi connectivity index (χ4n) is 3.63. The van der Waals surface area contributed by atoms with E-state index >= 15 is 0 Å². The molecule has 1 unspecified atom stereocenters. The zero-order valence-corrected chi connectivity index (χ0v) is 16.4. The van der Waals surface area contributed by atoms with Crippen molar-refractivity contribution in [3.05, 3.63) is 53.1 Å². The lowest BCUT2D eigenvalue weighted by Crippen LogP contribution is -2.36. The molecule has 2 aromatic rings. The molecular formula is C21H22ClN3O3. The summed E-state index contributed by atoms with van der Waals surface area (Å²) in [6, 6.07) is 12.6. The van der Waals surface area contributed by atoms with Gasteiger partial charge in [-0.05, 0) is 48.9 Å². The molecule has 2 amide bonds. The third-order valence-electron chi connectivity index (χ3n) is 5.21. The third kappa shape index (κ3) is 3.57. The number of rotatable bonds is 4. The molecule has 0 aliphatic carbocycles. The van der Waals surface area contributed by atoms with E-state index in [0.717, 1.165) is 43.2 Å². The molecule has 2 fully saturated rings. The zero-order valence-electron chi connectivity index (χ0n) is 15.7. The summed E-state index contributed by atoms with van der Waals surface area (Å²) in [7, 11) is 0. The molecule has 0 saturated carbocycles. The first-order chi connectivity index (χ1) is 13.5. The van der Waals surface area contributed by atoms with Crippen molar-refractivity contribution in [1.82, 2.24) is 0 Å². The number of hydrogen-bond acceptors (Lipinski definition) is 5. The van der Waals surface area contributed by atoms with Gasteiger partial charge >= 0.3 is 0 Å². The second-order valence-electron chi connectivity index (χ2n) is 7.00. The number of halogens is 1. The highest BCUT2D eigenvalue weighted by Crippen LogP contribution is 2.31. The van der Waals surface area contributed by atoms with Crippen molar-refractivity contribution in [3.8, 4) is 0 Å². The minimum absolute atomic E-state index is 0.121. The van der Waals surface area contributed by atoms with Gasteiger partial charge < -0.3 is 15.0 Å². The van der Waals surface area contributed by atoms with Crippen LogP contribution in [0.3, 0.4) is 0 Å². The summed E-state index contributed by atoms with van der Waals surface area (Å²) >= 11 is 6.16. The molecule has 146 valence electrons. The number of nitrogens with zero attached hydrogens (tertiary/aromatic N) is 2. The zero-order chi connectivity index (χ0) is 19.7. The van der Waals surface area contributed by atoms with Crippen LogP contribution in [0.25, 0.3) is 0 Å². The molecule has 1 N–H and O–H groups in total. The fraction of sp³-hybridized carbons (Fsp3) is 0.333. The smallest absolute Gasteiger partial charge is 0.256 e. The van der Waals surface area contributed by atoms with Crippen LogP contribution in [0.15, 0.2) is 42.5 Å². The molecule has 4 rings (SSSR count). The molecule has 7 heteroatoms. The van der Waals surface area contributed by atoms with Crippen LogP contribution < -0.4 is 15.1 Å². The van der Waals surface area contributed by atoms with Gasteiger partial charge in [-0.2, -0.15) is 0 Å². The summed E-state index contributed by atoms with van der Waals surface area (Å²) in [4.78, 5) is 28.9. The largest absolute Gasteiger partial charge is 0.378 e. The Labute approximate surface area is 169 Å². The summed E-state index contributed by atoms with van der Waals surface area (Å²) in [6.45, 7) is 5.02. The van der Waals surface area contributed by atoms with Crippen molar-refractivity contribution < 1.29 is 14.3 Å². The van der Waals surface area contributed by atoms with Crippen LogP contribution in [0.1, 0.15) is 12.0 Å². The molecule has 2 aromatic carbocycles. The molecule has 0 radical (unpaired) electrons. The molecule has 0 bridgehead atoms. The van der Waals surface area contributed by atoms with E-state index in [0.29, 0.717) is 10.7 Å². The van der Waals surface area contributed by atoms with E-state index in [4.69, 9.17) is 16.3 Å². The van der Waals surface area contributed by atoms with Crippen molar-refractivity contribution in [2.75, 3.05) is 41.4 Å². The normalized spacial score (nSPS) is 20.0. The van der Waals surface area contributed by atoms with Crippen molar-refractivity contribution in [2.24, 2.45) is 0 Å². The summed E-state index contributed by atoms with van der Waals surface area (Å²) < 4.78 is 5.38. The minimum Gasteiger partial charge on any atom is -0.378 e. The number of nitrogens with one attached hydrogen (secondary N) is 1. The van der Waals surface area contributed by atoms with Crippen molar-refractivity contribution >= 4 is 40.5 Å². The van der Waals surface area contributed by atoms with Crippen molar-refractivity contribution in [3.63, 3.8) is 0 Å². The lowest BCUT2D eigenvalue weighted by atomic mass is 10.2. The molecule has 28 heavy (non-hydrogen) atoms.